The quantitative estimate of drug-likeness (QED) is 0.528. The van der Waals surface area contributed by atoms with Crippen LogP contribution in [0.15, 0.2) is 42.5 Å². The molecule has 2 aromatic carbocycles. The monoisotopic (exact) mass is 468 g/mol. The van der Waals surface area contributed by atoms with Crippen molar-refractivity contribution in [3.8, 4) is 5.75 Å². The number of ether oxygens (including phenoxy) is 1. The number of hydrogen-bond donors (Lipinski definition) is 1. The van der Waals surface area contributed by atoms with Gasteiger partial charge in [-0.1, -0.05) is 62.2 Å². The zero-order chi connectivity index (χ0) is 23.0. The molecule has 0 radical (unpaired) electrons. The second kappa shape index (κ2) is 11.9. The summed E-state index contributed by atoms with van der Waals surface area (Å²) in [5.74, 6) is -1.02. The lowest BCUT2D eigenvalue weighted by molar-refractivity contribution is -0.143. The smallest absolute Gasteiger partial charge is 0.261 e. The van der Waals surface area contributed by atoms with E-state index < -0.39 is 24.4 Å². The van der Waals surface area contributed by atoms with Crippen LogP contribution in [-0.4, -0.2) is 35.9 Å². The van der Waals surface area contributed by atoms with Crippen LogP contribution in [0.5, 0.6) is 5.75 Å². The summed E-state index contributed by atoms with van der Waals surface area (Å²) in [6.07, 6.45) is 0.399. The van der Waals surface area contributed by atoms with E-state index in [-0.39, 0.29) is 24.1 Å². The van der Waals surface area contributed by atoms with Crippen LogP contribution in [-0.2, 0) is 16.1 Å². The summed E-state index contributed by atoms with van der Waals surface area (Å²) in [4.78, 5) is 27.3. The molecule has 168 valence electrons. The topological polar surface area (TPSA) is 58.6 Å². The number of rotatable bonds is 10. The molecule has 2 amide bonds. The molecule has 0 saturated carbocycles. The standard InChI is InChI=1S/C23H27Cl2FN2O3/c1-4-20(23(30)27-12-15(2)3)28(13-16-9-10-17(24)18(25)11-16)22(29)14-31-21-8-6-5-7-19(21)26/h5-11,15,20H,4,12-14H2,1-3H3,(H,27,30). The molecule has 0 aliphatic heterocycles. The first kappa shape index (κ1) is 25.0. The minimum absolute atomic E-state index is 0.0253. The molecule has 1 N–H and O–H groups in total. The number of para-hydroxylation sites is 1. The highest BCUT2D eigenvalue weighted by atomic mass is 35.5. The van der Waals surface area contributed by atoms with Crippen LogP contribution >= 0.6 is 23.2 Å². The molecule has 0 heterocycles. The largest absolute Gasteiger partial charge is 0.481 e. The van der Waals surface area contributed by atoms with Crippen molar-refractivity contribution in [3.63, 3.8) is 0 Å². The van der Waals surface area contributed by atoms with Crippen molar-refractivity contribution in [2.24, 2.45) is 5.92 Å². The molecule has 0 aliphatic carbocycles. The van der Waals surface area contributed by atoms with E-state index in [1.807, 2.05) is 20.8 Å². The van der Waals surface area contributed by atoms with E-state index in [1.54, 1.807) is 24.3 Å². The molecule has 8 heteroatoms. The van der Waals surface area contributed by atoms with Gasteiger partial charge in [0.05, 0.1) is 10.0 Å². The Hall–Kier alpha value is -2.31. The number of nitrogens with zero attached hydrogens (tertiary/aromatic N) is 1. The molecule has 1 atom stereocenters. The van der Waals surface area contributed by atoms with Crippen molar-refractivity contribution in [1.29, 1.82) is 0 Å². The zero-order valence-electron chi connectivity index (χ0n) is 17.8. The average Bonchev–Trinajstić information content (AvgIpc) is 2.73. The van der Waals surface area contributed by atoms with Gasteiger partial charge < -0.3 is 15.0 Å². The highest BCUT2D eigenvalue weighted by Gasteiger charge is 2.29. The Morgan fingerprint density at radius 3 is 2.45 bits per heavy atom. The SMILES string of the molecule is CCC(C(=O)NCC(C)C)N(Cc1ccc(Cl)c(Cl)c1)C(=O)COc1ccccc1F. The highest BCUT2D eigenvalue weighted by molar-refractivity contribution is 6.42. The number of carbonyl (C=O) groups excluding carboxylic acids is 2. The highest BCUT2D eigenvalue weighted by Crippen LogP contribution is 2.24. The lowest BCUT2D eigenvalue weighted by atomic mass is 10.1. The van der Waals surface area contributed by atoms with Crippen LogP contribution in [0.1, 0.15) is 32.8 Å². The maximum atomic E-state index is 13.9. The van der Waals surface area contributed by atoms with Gasteiger partial charge in [0.25, 0.3) is 5.91 Å². The van der Waals surface area contributed by atoms with Gasteiger partial charge in [0, 0.05) is 13.1 Å². The van der Waals surface area contributed by atoms with Crippen LogP contribution in [0, 0.1) is 11.7 Å². The lowest BCUT2D eigenvalue weighted by Gasteiger charge is -2.31. The van der Waals surface area contributed by atoms with Gasteiger partial charge >= 0.3 is 0 Å². The average molecular weight is 469 g/mol. The van der Waals surface area contributed by atoms with E-state index in [0.29, 0.717) is 28.6 Å². The van der Waals surface area contributed by atoms with Gasteiger partial charge in [-0.15, -0.1) is 0 Å². The third kappa shape index (κ3) is 7.40. The second-order valence-corrected chi connectivity index (χ2v) is 8.37. The number of halogens is 3. The van der Waals surface area contributed by atoms with Crippen molar-refractivity contribution in [2.45, 2.75) is 39.8 Å². The van der Waals surface area contributed by atoms with Crippen LogP contribution in [0.4, 0.5) is 4.39 Å². The van der Waals surface area contributed by atoms with E-state index in [4.69, 9.17) is 27.9 Å². The first-order chi connectivity index (χ1) is 14.7. The van der Waals surface area contributed by atoms with Crippen molar-refractivity contribution < 1.29 is 18.7 Å². The summed E-state index contributed by atoms with van der Waals surface area (Å²) in [5.41, 5.74) is 0.712. The third-order valence-electron chi connectivity index (χ3n) is 4.60. The van der Waals surface area contributed by atoms with Gasteiger partial charge in [0.1, 0.15) is 6.04 Å². The summed E-state index contributed by atoms with van der Waals surface area (Å²) in [7, 11) is 0. The molecule has 2 rings (SSSR count). The van der Waals surface area contributed by atoms with Crippen LogP contribution in [0.25, 0.3) is 0 Å². The molecule has 0 spiro atoms. The van der Waals surface area contributed by atoms with Crippen LogP contribution in [0.3, 0.4) is 0 Å². The molecular formula is C23H27Cl2FN2O3. The molecule has 0 saturated heterocycles. The van der Waals surface area contributed by atoms with Gasteiger partial charge in [0.2, 0.25) is 5.91 Å². The maximum absolute atomic E-state index is 13.9. The molecule has 0 fully saturated rings. The molecular weight excluding hydrogens is 442 g/mol. The first-order valence-corrected chi connectivity index (χ1v) is 10.9. The molecule has 5 nitrogen and oxygen atoms in total. The van der Waals surface area contributed by atoms with Gasteiger partial charge in [-0.05, 0) is 42.2 Å². The summed E-state index contributed by atoms with van der Waals surface area (Å²) >= 11 is 12.1. The fourth-order valence-corrected chi connectivity index (χ4v) is 3.28. The first-order valence-electron chi connectivity index (χ1n) is 10.1. The Balaban J connectivity index is 2.24. The van der Waals surface area contributed by atoms with Gasteiger partial charge in [-0.3, -0.25) is 9.59 Å². The number of nitrogens with one attached hydrogen (secondary N) is 1. The maximum Gasteiger partial charge on any atom is 0.261 e. The van der Waals surface area contributed by atoms with E-state index in [9.17, 15) is 14.0 Å². The minimum atomic E-state index is -0.718. The number of carbonyl (C=O) groups is 2. The van der Waals surface area contributed by atoms with Crippen molar-refractivity contribution in [2.75, 3.05) is 13.2 Å². The molecule has 2 aromatic rings. The summed E-state index contributed by atoms with van der Waals surface area (Å²) < 4.78 is 19.2. The Bertz CT molecular complexity index is 908. The van der Waals surface area contributed by atoms with Crippen molar-refractivity contribution >= 4 is 35.0 Å². The fourth-order valence-electron chi connectivity index (χ4n) is 2.96. The Morgan fingerprint density at radius 2 is 1.84 bits per heavy atom. The van der Waals surface area contributed by atoms with Gasteiger partial charge in [0.15, 0.2) is 18.2 Å². The van der Waals surface area contributed by atoms with E-state index >= 15 is 0 Å². The van der Waals surface area contributed by atoms with Crippen LogP contribution < -0.4 is 10.1 Å². The van der Waals surface area contributed by atoms with Crippen molar-refractivity contribution in [1.82, 2.24) is 10.2 Å². The molecule has 0 aliphatic rings. The number of benzene rings is 2. The molecule has 0 aromatic heterocycles. The number of amides is 2. The lowest BCUT2D eigenvalue weighted by Crippen LogP contribution is -2.50. The normalized spacial score (nSPS) is 11.8. The molecule has 31 heavy (non-hydrogen) atoms. The molecule has 0 bridgehead atoms. The number of hydrogen-bond acceptors (Lipinski definition) is 3. The predicted molar refractivity (Wildman–Crippen MR) is 121 cm³/mol. The van der Waals surface area contributed by atoms with E-state index in [1.165, 1.54) is 23.1 Å². The second-order valence-electron chi connectivity index (χ2n) is 7.55. The summed E-state index contributed by atoms with van der Waals surface area (Å²) in [6, 6.07) is 10.2. The van der Waals surface area contributed by atoms with Gasteiger partial charge in [-0.25, -0.2) is 4.39 Å². The predicted octanol–water partition coefficient (Wildman–Crippen LogP) is 5.09. The van der Waals surface area contributed by atoms with E-state index in [0.717, 1.165) is 0 Å². The van der Waals surface area contributed by atoms with Crippen molar-refractivity contribution in [3.05, 3.63) is 63.9 Å². The minimum Gasteiger partial charge on any atom is -0.481 e. The van der Waals surface area contributed by atoms with E-state index in [2.05, 4.69) is 5.32 Å². The summed E-state index contributed by atoms with van der Waals surface area (Å²) in [5, 5.41) is 3.63. The third-order valence-corrected chi connectivity index (χ3v) is 5.33. The Kier molecular flexibility index (Phi) is 9.59. The zero-order valence-corrected chi connectivity index (χ0v) is 19.3. The Labute approximate surface area is 192 Å². The van der Waals surface area contributed by atoms with Crippen LogP contribution in [0.2, 0.25) is 10.0 Å². The molecule has 1 unspecified atom stereocenters. The van der Waals surface area contributed by atoms with Gasteiger partial charge in [-0.2, -0.15) is 0 Å². The fraction of sp³-hybridized carbons (Fsp3) is 0.391. The Morgan fingerprint density at radius 1 is 1.13 bits per heavy atom. The summed E-state index contributed by atoms with van der Waals surface area (Å²) in [6.45, 7) is 6.02.